The van der Waals surface area contributed by atoms with E-state index in [1.165, 1.54) is 6.42 Å². The van der Waals surface area contributed by atoms with Gasteiger partial charge >= 0.3 is 0 Å². The number of amides is 3. The number of hydrogen-bond acceptors (Lipinski definition) is 5. The maximum atomic E-state index is 14.7. The summed E-state index contributed by atoms with van der Waals surface area (Å²) in [5.74, 6) is -1.05. The van der Waals surface area contributed by atoms with Gasteiger partial charge in [-0.1, -0.05) is 56.5 Å². The Labute approximate surface area is 249 Å². The van der Waals surface area contributed by atoms with E-state index in [0.717, 1.165) is 37.8 Å². The molecule has 1 aromatic rings. The first-order valence-corrected chi connectivity index (χ1v) is 16.3. The molecule has 3 aliphatic heterocycles. The predicted octanol–water partition coefficient (Wildman–Crippen LogP) is 4.66. The first-order chi connectivity index (χ1) is 19.9. The first-order valence-electron chi connectivity index (χ1n) is 15.4. The molecule has 1 aliphatic carbocycles. The average molecular weight is 580 g/mol. The number of carbonyl (C=O) groups excluding carboxylic acids is 3. The topological polar surface area (TPSA) is 81.2 Å². The van der Waals surface area contributed by atoms with Crippen molar-refractivity contribution >= 4 is 35.2 Å². The minimum Gasteiger partial charge on any atom is -0.396 e. The number of rotatable bonds is 12. The Morgan fingerprint density at radius 1 is 1.07 bits per heavy atom. The Bertz CT molecular complexity index is 1140. The molecule has 4 aliphatic rings. The van der Waals surface area contributed by atoms with Gasteiger partial charge in [0.05, 0.1) is 16.6 Å². The van der Waals surface area contributed by atoms with Gasteiger partial charge in [-0.05, 0) is 50.2 Å². The predicted molar refractivity (Wildman–Crippen MR) is 164 cm³/mol. The zero-order valence-corrected chi connectivity index (χ0v) is 25.1. The van der Waals surface area contributed by atoms with Crippen LogP contribution in [0, 0.1) is 17.8 Å². The summed E-state index contributed by atoms with van der Waals surface area (Å²) in [5.41, 5.74) is 0.791. The largest absolute Gasteiger partial charge is 0.396 e. The fourth-order valence-corrected chi connectivity index (χ4v) is 10.5. The summed E-state index contributed by atoms with van der Waals surface area (Å²) in [7, 11) is 0. The molecule has 5 rings (SSSR count). The summed E-state index contributed by atoms with van der Waals surface area (Å²) < 4.78 is -0.650. The molecule has 1 spiro atoms. The van der Waals surface area contributed by atoms with Gasteiger partial charge in [0, 0.05) is 43.2 Å². The molecule has 222 valence electrons. The lowest BCUT2D eigenvalue weighted by Gasteiger charge is -2.43. The molecule has 1 N–H and O–H groups in total. The molecule has 3 amide bonds. The number of nitrogens with zero attached hydrogens (tertiary/aromatic N) is 3. The summed E-state index contributed by atoms with van der Waals surface area (Å²) in [4.78, 5) is 49.2. The number of likely N-dealkylation sites (tertiary alicyclic amines) is 1. The quantitative estimate of drug-likeness (QED) is 0.288. The van der Waals surface area contributed by atoms with E-state index in [4.69, 9.17) is 0 Å². The van der Waals surface area contributed by atoms with Crippen molar-refractivity contribution in [1.29, 1.82) is 0 Å². The number of benzene rings is 1. The molecule has 0 radical (unpaired) electrons. The number of carbonyl (C=O) groups is 3. The van der Waals surface area contributed by atoms with Crippen LogP contribution >= 0.6 is 11.8 Å². The van der Waals surface area contributed by atoms with Gasteiger partial charge in [0.25, 0.3) is 0 Å². The van der Waals surface area contributed by atoms with Crippen molar-refractivity contribution in [2.24, 2.45) is 17.8 Å². The van der Waals surface area contributed by atoms with E-state index in [1.807, 2.05) is 35.2 Å². The molecule has 3 heterocycles. The number of para-hydroxylation sites is 1. The molecule has 2 bridgehead atoms. The minimum atomic E-state index is -0.650. The number of hydrogen-bond donors (Lipinski definition) is 1. The Kier molecular flexibility index (Phi) is 9.29. The van der Waals surface area contributed by atoms with Gasteiger partial charge in [-0.25, -0.2) is 0 Å². The number of aliphatic hydroxyl groups excluding tert-OH is 1. The zero-order chi connectivity index (χ0) is 29.1. The fraction of sp³-hybridized carbons (Fsp3) is 0.606. The van der Waals surface area contributed by atoms with E-state index >= 15 is 0 Å². The fourth-order valence-electron chi connectivity index (χ4n) is 8.06. The number of anilines is 1. The summed E-state index contributed by atoms with van der Waals surface area (Å²) in [6.45, 7) is 11.3. The highest BCUT2D eigenvalue weighted by molar-refractivity contribution is 8.02. The first kappa shape index (κ1) is 29.9. The zero-order valence-electron chi connectivity index (χ0n) is 24.3. The highest BCUT2D eigenvalue weighted by Crippen LogP contribution is 2.69. The van der Waals surface area contributed by atoms with Crippen molar-refractivity contribution in [1.82, 2.24) is 9.80 Å². The Morgan fingerprint density at radius 2 is 1.78 bits per heavy atom. The van der Waals surface area contributed by atoms with Crippen LogP contribution in [0.2, 0.25) is 0 Å². The summed E-state index contributed by atoms with van der Waals surface area (Å²) >= 11 is 1.73. The van der Waals surface area contributed by atoms with Crippen molar-refractivity contribution in [3.8, 4) is 0 Å². The normalized spacial score (nSPS) is 30.7. The molecule has 8 heteroatoms. The van der Waals surface area contributed by atoms with Crippen molar-refractivity contribution < 1.29 is 19.5 Å². The lowest BCUT2D eigenvalue weighted by atomic mass is 9.65. The molecule has 1 saturated carbocycles. The molecule has 7 nitrogen and oxygen atoms in total. The number of thioether (sulfide) groups is 1. The average Bonchev–Trinajstić information content (AvgIpc) is 3.58. The third-order valence-electron chi connectivity index (χ3n) is 9.84. The maximum absolute atomic E-state index is 14.7. The van der Waals surface area contributed by atoms with Crippen LogP contribution in [0.15, 0.2) is 55.6 Å². The second kappa shape index (κ2) is 12.7. The van der Waals surface area contributed by atoms with Crippen LogP contribution < -0.4 is 4.90 Å². The van der Waals surface area contributed by atoms with Crippen LogP contribution in [-0.2, 0) is 14.4 Å². The van der Waals surface area contributed by atoms with Gasteiger partial charge in [-0.2, -0.15) is 0 Å². The lowest BCUT2D eigenvalue weighted by molar-refractivity contribution is -0.144. The van der Waals surface area contributed by atoms with Crippen LogP contribution in [0.25, 0.3) is 0 Å². The second-order valence-electron chi connectivity index (χ2n) is 12.2. The van der Waals surface area contributed by atoms with Crippen molar-refractivity contribution in [2.75, 3.05) is 31.1 Å². The molecule has 3 unspecified atom stereocenters. The monoisotopic (exact) mass is 579 g/mol. The molecular weight excluding hydrogens is 534 g/mol. The van der Waals surface area contributed by atoms with Crippen LogP contribution in [0.4, 0.5) is 5.69 Å². The summed E-state index contributed by atoms with van der Waals surface area (Å²) in [5, 5.41) is 9.49. The second-order valence-corrected chi connectivity index (χ2v) is 13.7. The van der Waals surface area contributed by atoms with Gasteiger partial charge in [0.1, 0.15) is 6.04 Å². The van der Waals surface area contributed by atoms with Gasteiger partial charge < -0.3 is 19.8 Å². The molecule has 41 heavy (non-hydrogen) atoms. The highest BCUT2D eigenvalue weighted by atomic mass is 32.2. The summed E-state index contributed by atoms with van der Waals surface area (Å²) in [6.07, 6.45) is 10.9. The van der Waals surface area contributed by atoms with Gasteiger partial charge in [-0.3, -0.25) is 14.4 Å². The van der Waals surface area contributed by atoms with Crippen LogP contribution in [0.1, 0.15) is 58.3 Å². The van der Waals surface area contributed by atoms with E-state index < -0.39 is 22.6 Å². The van der Waals surface area contributed by atoms with E-state index in [0.29, 0.717) is 32.5 Å². The van der Waals surface area contributed by atoms with E-state index in [2.05, 4.69) is 20.1 Å². The number of fused-ring (bicyclic) bond motifs is 1. The minimum absolute atomic E-state index is 0.00996. The molecular formula is C33H45N3O4S. The third kappa shape index (κ3) is 5.16. The van der Waals surface area contributed by atoms with E-state index in [9.17, 15) is 19.5 Å². The van der Waals surface area contributed by atoms with Crippen molar-refractivity contribution in [3.63, 3.8) is 0 Å². The lowest BCUT2D eigenvalue weighted by Crippen LogP contribution is -2.59. The van der Waals surface area contributed by atoms with Crippen LogP contribution in [-0.4, -0.2) is 80.9 Å². The van der Waals surface area contributed by atoms with Crippen molar-refractivity contribution in [3.05, 3.63) is 55.6 Å². The third-order valence-corrected chi connectivity index (χ3v) is 11.9. The van der Waals surface area contributed by atoms with Gasteiger partial charge in [0.15, 0.2) is 0 Å². The standard InChI is InChI=1S/C33H45N3O4S/c1-4-18-34(24-14-8-6-9-15-24)30(38)27-26-22-23(3)33(41-26)28(27)31(39)36(20-12-13-21-37)29(33)32(40)35(19-5-2)25-16-10-7-11-17-25/h4-6,8-9,14-15,23,25-29,37H,1-2,7,10-13,16-22H2,3H3/t23?,26-,27+,28+,29?,33?/m1/s1. The maximum Gasteiger partial charge on any atom is 0.247 e. The molecule has 0 aromatic heterocycles. The number of aliphatic hydroxyl groups is 1. The molecule has 1 aromatic carbocycles. The molecule has 6 atom stereocenters. The Morgan fingerprint density at radius 3 is 2.44 bits per heavy atom. The smallest absolute Gasteiger partial charge is 0.247 e. The van der Waals surface area contributed by atoms with E-state index in [1.54, 1.807) is 33.7 Å². The summed E-state index contributed by atoms with van der Waals surface area (Å²) in [6, 6.07) is 9.12. The van der Waals surface area contributed by atoms with Crippen LogP contribution in [0.3, 0.4) is 0 Å². The Hall–Kier alpha value is -2.58. The van der Waals surface area contributed by atoms with Crippen LogP contribution in [0.5, 0.6) is 0 Å². The van der Waals surface area contributed by atoms with E-state index in [-0.39, 0.29) is 41.5 Å². The molecule has 3 saturated heterocycles. The Balaban J connectivity index is 1.54. The van der Waals surface area contributed by atoms with Gasteiger partial charge in [0.2, 0.25) is 17.7 Å². The molecule has 4 fully saturated rings. The highest BCUT2D eigenvalue weighted by Gasteiger charge is 2.76. The number of unbranched alkanes of at least 4 members (excludes halogenated alkanes) is 1. The SMILES string of the molecule is C=CCN(C(=O)[C@@H]1[C@H]2C(=O)N(CCCCO)C(C(=O)N(CC=C)C3CCCCC3)C23S[C@@H]1CC3C)c1ccccc1. The van der Waals surface area contributed by atoms with Crippen molar-refractivity contribution in [2.45, 2.75) is 80.4 Å². The van der Waals surface area contributed by atoms with Gasteiger partial charge in [-0.15, -0.1) is 24.9 Å².